The van der Waals surface area contributed by atoms with Gasteiger partial charge >= 0.3 is 0 Å². The van der Waals surface area contributed by atoms with Crippen LogP contribution in [0.15, 0.2) is 18.2 Å². The van der Waals surface area contributed by atoms with E-state index in [0.717, 1.165) is 5.56 Å². The van der Waals surface area contributed by atoms with Gasteiger partial charge in [-0.3, -0.25) is 0 Å². The van der Waals surface area contributed by atoms with E-state index in [4.69, 9.17) is 4.74 Å². The summed E-state index contributed by atoms with van der Waals surface area (Å²) in [6.07, 6.45) is 1.23. The normalized spacial score (nSPS) is 12.5. The summed E-state index contributed by atoms with van der Waals surface area (Å²) in [4.78, 5) is 0. The molecule has 5 heteroatoms. The Balaban J connectivity index is 2.95. The Morgan fingerprint density at radius 3 is 2.37 bits per heavy atom. The van der Waals surface area contributed by atoms with E-state index in [1.165, 1.54) is 6.26 Å². The highest BCUT2D eigenvalue weighted by molar-refractivity contribution is 7.89. The van der Waals surface area contributed by atoms with Gasteiger partial charge < -0.3 is 10.1 Å². The van der Waals surface area contributed by atoms with Gasteiger partial charge in [0.2, 0.25) is 0 Å². The van der Waals surface area contributed by atoms with E-state index in [9.17, 15) is 8.42 Å². The summed E-state index contributed by atoms with van der Waals surface area (Å²) in [5.41, 5.74) is 1.78. The van der Waals surface area contributed by atoms with Crippen LogP contribution in [-0.2, 0) is 22.1 Å². The van der Waals surface area contributed by atoms with Gasteiger partial charge in [-0.05, 0) is 38.5 Å². The predicted octanol–water partition coefficient (Wildman–Crippen LogP) is 2.13. The minimum absolute atomic E-state index is 0.000465. The quantitative estimate of drug-likeness (QED) is 0.900. The van der Waals surface area contributed by atoms with Crippen molar-refractivity contribution < 1.29 is 13.2 Å². The van der Waals surface area contributed by atoms with E-state index in [-0.39, 0.29) is 11.3 Å². The van der Waals surface area contributed by atoms with E-state index in [1.54, 1.807) is 7.11 Å². The summed E-state index contributed by atoms with van der Waals surface area (Å²) in [5.74, 6) is 0.615. The molecule has 0 radical (unpaired) electrons. The number of ether oxygens (including phenoxy) is 1. The lowest BCUT2D eigenvalue weighted by atomic mass is 10.1. The van der Waals surface area contributed by atoms with Crippen molar-refractivity contribution in [2.75, 3.05) is 13.4 Å². The molecule has 0 aliphatic rings. The summed E-state index contributed by atoms with van der Waals surface area (Å²) in [7, 11) is -1.52. The van der Waals surface area contributed by atoms with Crippen LogP contribution in [0.4, 0.5) is 0 Å². The van der Waals surface area contributed by atoms with Crippen molar-refractivity contribution in [2.45, 2.75) is 38.6 Å². The molecule has 0 unspecified atom stereocenters. The largest absolute Gasteiger partial charge is 0.496 e. The zero-order valence-electron chi connectivity index (χ0n) is 12.3. The number of hydrogen-bond acceptors (Lipinski definition) is 4. The summed E-state index contributed by atoms with van der Waals surface area (Å²) in [5, 5.41) is 3.38. The fourth-order valence-electron chi connectivity index (χ4n) is 1.70. The fraction of sp³-hybridized carbons (Fsp3) is 0.571. The van der Waals surface area contributed by atoms with E-state index >= 15 is 0 Å². The SMILES string of the molecule is COc1ccc(CNC(C)(C)C)cc1CS(C)(=O)=O. The minimum Gasteiger partial charge on any atom is -0.496 e. The molecule has 19 heavy (non-hydrogen) atoms. The zero-order valence-corrected chi connectivity index (χ0v) is 13.1. The summed E-state index contributed by atoms with van der Waals surface area (Å²) in [6.45, 7) is 6.97. The first kappa shape index (κ1) is 16.0. The molecule has 0 saturated carbocycles. The fourth-order valence-corrected chi connectivity index (χ4v) is 2.49. The average Bonchev–Trinajstić information content (AvgIpc) is 2.23. The van der Waals surface area contributed by atoms with Crippen molar-refractivity contribution in [1.82, 2.24) is 5.32 Å². The van der Waals surface area contributed by atoms with Crippen LogP contribution < -0.4 is 10.1 Å². The standard InChI is InChI=1S/C14H23NO3S/c1-14(2,3)15-9-11-6-7-13(18-4)12(8-11)10-19(5,16)17/h6-8,15H,9-10H2,1-5H3. The molecule has 4 nitrogen and oxygen atoms in total. The second kappa shape index (κ2) is 5.92. The third-order valence-corrected chi connectivity index (χ3v) is 3.42. The zero-order chi connectivity index (χ0) is 14.7. The lowest BCUT2D eigenvalue weighted by molar-refractivity contribution is 0.409. The molecule has 1 aromatic rings. The van der Waals surface area contributed by atoms with Crippen LogP contribution in [0.2, 0.25) is 0 Å². The van der Waals surface area contributed by atoms with Crippen molar-refractivity contribution in [1.29, 1.82) is 0 Å². The Morgan fingerprint density at radius 1 is 1.26 bits per heavy atom. The molecular weight excluding hydrogens is 262 g/mol. The summed E-state index contributed by atoms with van der Waals surface area (Å²) >= 11 is 0. The number of hydrogen-bond donors (Lipinski definition) is 1. The van der Waals surface area contributed by atoms with Gasteiger partial charge in [-0.1, -0.05) is 6.07 Å². The molecule has 0 heterocycles. The molecule has 0 aliphatic carbocycles. The van der Waals surface area contributed by atoms with E-state index in [2.05, 4.69) is 26.1 Å². The number of methoxy groups -OCH3 is 1. The third kappa shape index (κ3) is 6.07. The van der Waals surface area contributed by atoms with Gasteiger partial charge in [0.25, 0.3) is 0 Å². The molecule has 1 aromatic carbocycles. The molecule has 0 amide bonds. The summed E-state index contributed by atoms with van der Waals surface area (Å²) in [6, 6.07) is 5.65. The maximum absolute atomic E-state index is 11.4. The lowest BCUT2D eigenvalue weighted by Gasteiger charge is -2.21. The number of nitrogens with one attached hydrogen (secondary N) is 1. The van der Waals surface area contributed by atoms with E-state index in [1.807, 2.05) is 18.2 Å². The van der Waals surface area contributed by atoms with Gasteiger partial charge in [0.15, 0.2) is 9.84 Å². The van der Waals surface area contributed by atoms with Crippen molar-refractivity contribution in [2.24, 2.45) is 0 Å². The first-order valence-electron chi connectivity index (χ1n) is 6.19. The van der Waals surface area contributed by atoms with Gasteiger partial charge in [0.05, 0.1) is 12.9 Å². The highest BCUT2D eigenvalue weighted by Crippen LogP contribution is 2.22. The van der Waals surface area contributed by atoms with Crippen LogP contribution >= 0.6 is 0 Å². The Bertz CT molecular complexity index is 530. The van der Waals surface area contributed by atoms with Crippen molar-refractivity contribution in [3.8, 4) is 5.75 Å². The van der Waals surface area contributed by atoms with Gasteiger partial charge in [-0.15, -0.1) is 0 Å². The monoisotopic (exact) mass is 285 g/mol. The minimum atomic E-state index is -3.07. The molecule has 0 spiro atoms. The molecule has 0 fully saturated rings. The second-order valence-corrected chi connectivity index (χ2v) is 7.96. The Labute approximate surface area is 116 Å². The van der Waals surface area contributed by atoms with Gasteiger partial charge in [0.1, 0.15) is 5.75 Å². The number of sulfone groups is 1. The molecule has 0 atom stereocenters. The van der Waals surface area contributed by atoms with Crippen molar-refractivity contribution in [3.63, 3.8) is 0 Å². The van der Waals surface area contributed by atoms with Crippen LogP contribution in [0.25, 0.3) is 0 Å². The molecule has 0 bridgehead atoms. The van der Waals surface area contributed by atoms with Gasteiger partial charge in [-0.25, -0.2) is 8.42 Å². The van der Waals surface area contributed by atoms with Gasteiger partial charge in [-0.2, -0.15) is 0 Å². The Kier molecular flexibility index (Phi) is 4.98. The Hall–Kier alpha value is -1.07. The van der Waals surface area contributed by atoms with Crippen molar-refractivity contribution in [3.05, 3.63) is 29.3 Å². The van der Waals surface area contributed by atoms with Crippen molar-refractivity contribution >= 4 is 9.84 Å². The van der Waals surface area contributed by atoms with Crippen LogP contribution in [0.1, 0.15) is 31.9 Å². The molecule has 1 rings (SSSR count). The molecule has 1 N–H and O–H groups in total. The number of benzene rings is 1. The lowest BCUT2D eigenvalue weighted by Crippen LogP contribution is -2.35. The summed E-state index contributed by atoms with van der Waals surface area (Å²) < 4.78 is 28.1. The average molecular weight is 285 g/mol. The third-order valence-electron chi connectivity index (χ3n) is 2.59. The number of rotatable bonds is 5. The first-order chi connectivity index (χ1) is 8.61. The van der Waals surface area contributed by atoms with Crippen LogP contribution in [0.3, 0.4) is 0 Å². The highest BCUT2D eigenvalue weighted by Gasteiger charge is 2.13. The van der Waals surface area contributed by atoms with Crippen LogP contribution in [0.5, 0.6) is 5.75 Å². The van der Waals surface area contributed by atoms with Crippen LogP contribution in [0, 0.1) is 0 Å². The maximum Gasteiger partial charge on any atom is 0.151 e. The highest BCUT2D eigenvalue weighted by atomic mass is 32.2. The second-order valence-electron chi connectivity index (χ2n) is 5.82. The molecule has 0 aromatic heterocycles. The molecule has 108 valence electrons. The smallest absolute Gasteiger partial charge is 0.151 e. The first-order valence-corrected chi connectivity index (χ1v) is 8.25. The molecule has 0 saturated heterocycles. The van der Waals surface area contributed by atoms with Gasteiger partial charge in [0, 0.05) is 23.9 Å². The maximum atomic E-state index is 11.4. The molecule has 0 aliphatic heterocycles. The predicted molar refractivity (Wildman–Crippen MR) is 78.1 cm³/mol. The topological polar surface area (TPSA) is 55.4 Å². The van der Waals surface area contributed by atoms with Crippen LogP contribution in [-0.4, -0.2) is 27.3 Å². The van der Waals surface area contributed by atoms with E-state index in [0.29, 0.717) is 17.9 Å². The molecular formula is C14H23NO3S. The Morgan fingerprint density at radius 2 is 1.89 bits per heavy atom. The van der Waals surface area contributed by atoms with E-state index < -0.39 is 9.84 Å².